The lowest BCUT2D eigenvalue weighted by molar-refractivity contribution is -0.384. The number of methoxy groups -OCH3 is 1. The Bertz CT molecular complexity index is 818. The second-order valence-electron chi connectivity index (χ2n) is 5.69. The van der Waals surface area contributed by atoms with Gasteiger partial charge in [0, 0.05) is 16.6 Å². The van der Waals surface area contributed by atoms with Crippen LogP contribution in [0.5, 0.6) is 5.75 Å². The number of halogens is 1. The number of carbonyl (C=O) groups is 1. The van der Waals surface area contributed by atoms with Crippen LogP contribution in [0, 0.1) is 10.1 Å². The summed E-state index contributed by atoms with van der Waals surface area (Å²) in [6, 6.07) is 11.8. The van der Waals surface area contributed by atoms with Crippen molar-refractivity contribution in [3.8, 4) is 5.75 Å². The minimum atomic E-state index is -0.584. The highest BCUT2D eigenvalue weighted by Crippen LogP contribution is 2.49. The van der Waals surface area contributed by atoms with E-state index in [1.165, 1.54) is 25.3 Å². The zero-order chi connectivity index (χ0) is 17.3. The molecule has 1 aliphatic rings. The van der Waals surface area contributed by atoms with E-state index in [1.54, 1.807) is 0 Å². The van der Waals surface area contributed by atoms with Gasteiger partial charge in [0.2, 0.25) is 5.91 Å². The Morgan fingerprint density at radius 1 is 1.29 bits per heavy atom. The van der Waals surface area contributed by atoms with E-state index in [1.807, 2.05) is 24.3 Å². The highest BCUT2D eigenvalue weighted by molar-refractivity contribution is 9.10. The van der Waals surface area contributed by atoms with Crippen molar-refractivity contribution >= 4 is 33.2 Å². The number of nitrogens with one attached hydrogen (secondary N) is 1. The van der Waals surface area contributed by atoms with Crippen molar-refractivity contribution in [3.63, 3.8) is 0 Å². The van der Waals surface area contributed by atoms with Gasteiger partial charge in [-0.2, -0.15) is 0 Å². The molecule has 0 aliphatic heterocycles. The zero-order valence-corrected chi connectivity index (χ0v) is 14.5. The summed E-state index contributed by atoms with van der Waals surface area (Å²) in [4.78, 5) is 23.3. The number of nitrogens with zero attached hydrogens (tertiary/aromatic N) is 1. The molecule has 1 aliphatic carbocycles. The molecule has 1 fully saturated rings. The Kier molecular flexibility index (Phi) is 4.28. The molecule has 0 heterocycles. The van der Waals surface area contributed by atoms with Crippen LogP contribution in [-0.2, 0) is 10.2 Å². The van der Waals surface area contributed by atoms with Gasteiger partial charge < -0.3 is 10.1 Å². The number of ether oxygens (including phenoxy) is 1. The van der Waals surface area contributed by atoms with Gasteiger partial charge in [-0.25, -0.2) is 0 Å². The van der Waals surface area contributed by atoms with Gasteiger partial charge in [-0.3, -0.25) is 14.9 Å². The fourth-order valence-corrected chi connectivity index (χ4v) is 3.11. The Labute approximate surface area is 147 Å². The monoisotopic (exact) mass is 390 g/mol. The van der Waals surface area contributed by atoms with E-state index in [2.05, 4.69) is 21.2 Å². The van der Waals surface area contributed by atoms with Gasteiger partial charge in [-0.1, -0.05) is 28.1 Å². The number of anilines is 1. The lowest BCUT2D eigenvalue weighted by Gasteiger charge is -2.17. The van der Waals surface area contributed by atoms with E-state index in [0.717, 1.165) is 22.9 Å². The number of nitro groups is 1. The summed E-state index contributed by atoms with van der Waals surface area (Å²) in [7, 11) is 1.46. The third-order valence-corrected chi connectivity index (χ3v) is 4.70. The van der Waals surface area contributed by atoms with Crippen molar-refractivity contribution < 1.29 is 14.5 Å². The molecule has 0 bridgehead atoms. The molecule has 0 spiro atoms. The quantitative estimate of drug-likeness (QED) is 0.616. The van der Waals surface area contributed by atoms with Gasteiger partial charge >= 0.3 is 0 Å². The summed E-state index contributed by atoms with van der Waals surface area (Å²) in [6.45, 7) is 0. The second kappa shape index (κ2) is 6.24. The summed E-state index contributed by atoms with van der Waals surface area (Å²) in [5.41, 5.74) is 0.550. The first-order chi connectivity index (χ1) is 11.5. The van der Waals surface area contributed by atoms with Crippen molar-refractivity contribution in [1.82, 2.24) is 0 Å². The maximum absolute atomic E-state index is 12.8. The fourth-order valence-electron chi connectivity index (χ4n) is 2.71. The number of benzene rings is 2. The number of nitro benzene ring substituents is 1. The minimum absolute atomic E-state index is 0.0987. The Morgan fingerprint density at radius 3 is 2.62 bits per heavy atom. The topological polar surface area (TPSA) is 81.5 Å². The van der Waals surface area contributed by atoms with Crippen LogP contribution in [0.1, 0.15) is 18.4 Å². The van der Waals surface area contributed by atoms with Gasteiger partial charge in [0.15, 0.2) is 0 Å². The van der Waals surface area contributed by atoms with Crippen LogP contribution in [0.3, 0.4) is 0 Å². The standard InChI is InChI=1S/C17H15BrN2O4/c1-24-15-6-5-13(20(22)23)10-14(15)19-16(21)17(7-8-17)11-3-2-4-12(18)9-11/h2-6,9-10H,7-8H2,1H3,(H,19,21). The molecule has 6 nitrogen and oxygen atoms in total. The van der Waals surface area contributed by atoms with Crippen molar-refractivity contribution in [2.75, 3.05) is 12.4 Å². The molecule has 24 heavy (non-hydrogen) atoms. The van der Waals surface area contributed by atoms with Crippen LogP contribution in [0.25, 0.3) is 0 Å². The van der Waals surface area contributed by atoms with Crippen LogP contribution >= 0.6 is 15.9 Å². The Hall–Kier alpha value is -2.41. The zero-order valence-electron chi connectivity index (χ0n) is 12.9. The van der Waals surface area contributed by atoms with E-state index >= 15 is 0 Å². The van der Waals surface area contributed by atoms with Crippen molar-refractivity contribution in [3.05, 3.63) is 62.6 Å². The Balaban J connectivity index is 1.90. The molecule has 0 radical (unpaired) electrons. The van der Waals surface area contributed by atoms with Crippen molar-refractivity contribution in [2.24, 2.45) is 0 Å². The highest BCUT2D eigenvalue weighted by atomic mass is 79.9. The molecule has 124 valence electrons. The van der Waals surface area contributed by atoms with Crippen LogP contribution in [0.4, 0.5) is 11.4 Å². The number of non-ortho nitro benzene ring substituents is 1. The molecule has 1 N–H and O–H groups in total. The molecule has 0 atom stereocenters. The number of carbonyl (C=O) groups excluding carboxylic acids is 1. The van der Waals surface area contributed by atoms with Crippen molar-refractivity contribution in [2.45, 2.75) is 18.3 Å². The predicted molar refractivity (Wildman–Crippen MR) is 93.3 cm³/mol. The maximum Gasteiger partial charge on any atom is 0.271 e. The van der Waals surface area contributed by atoms with Crippen LogP contribution in [0.15, 0.2) is 46.9 Å². The average Bonchev–Trinajstić information content (AvgIpc) is 3.36. The summed E-state index contributed by atoms with van der Waals surface area (Å²) in [6.07, 6.45) is 1.49. The molecule has 0 aromatic heterocycles. The van der Waals surface area contributed by atoms with Gasteiger partial charge in [-0.15, -0.1) is 0 Å². The number of amides is 1. The van der Waals surface area contributed by atoms with E-state index in [4.69, 9.17) is 4.74 Å². The van der Waals surface area contributed by atoms with Gasteiger partial charge in [0.05, 0.1) is 23.1 Å². The molecular formula is C17H15BrN2O4. The van der Waals surface area contributed by atoms with E-state index in [0.29, 0.717) is 11.4 Å². The van der Waals surface area contributed by atoms with E-state index in [-0.39, 0.29) is 11.6 Å². The molecule has 2 aromatic carbocycles. The lowest BCUT2D eigenvalue weighted by atomic mass is 9.95. The first-order valence-electron chi connectivity index (χ1n) is 7.36. The average molecular weight is 391 g/mol. The number of hydrogen-bond donors (Lipinski definition) is 1. The SMILES string of the molecule is COc1ccc([N+](=O)[O-])cc1NC(=O)C1(c2cccc(Br)c2)CC1. The van der Waals surface area contributed by atoms with E-state index in [9.17, 15) is 14.9 Å². The maximum atomic E-state index is 12.8. The molecular weight excluding hydrogens is 376 g/mol. The van der Waals surface area contributed by atoms with Crippen molar-refractivity contribution in [1.29, 1.82) is 0 Å². The predicted octanol–water partition coefficient (Wildman–Crippen LogP) is 4.04. The smallest absolute Gasteiger partial charge is 0.271 e. The number of rotatable bonds is 5. The summed E-state index contributed by atoms with van der Waals surface area (Å²) >= 11 is 3.42. The van der Waals surface area contributed by atoms with Crippen LogP contribution in [0.2, 0.25) is 0 Å². The molecule has 2 aromatic rings. The molecule has 0 saturated heterocycles. The van der Waals surface area contributed by atoms with E-state index < -0.39 is 10.3 Å². The normalized spacial score (nSPS) is 14.8. The summed E-state index contributed by atoms with van der Waals surface area (Å²) < 4.78 is 6.10. The summed E-state index contributed by atoms with van der Waals surface area (Å²) in [5, 5.41) is 13.7. The van der Waals surface area contributed by atoms with Crippen LogP contribution < -0.4 is 10.1 Å². The third kappa shape index (κ3) is 2.99. The molecule has 1 amide bonds. The third-order valence-electron chi connectivity index (χ3n) is 4.20. The molecule has 1 saturated carbocycles. The fraction of sp³-hybridized carbons (Fsp3) is 0.235. The van der Waals surface area contributed by atoms with Gasteiger partial charge in [0.1, 0.15) is 5.75 Å². The summed E-state index contributed by atoms with van der Waals surface area (Å²) in [5.74, 6) is 0.207. The van der Waals surface area contributed by atoms with Crippen LogP contribution in [-0.4, -0.2) is 17.9 Å². The first-order valence-corrected chi connectivity index (χ1v) is 8.15. The molecule has 7 heteroatoms. The lowest BCUT2D eigenvalue weighted by Crippen LogP contribution is -2.28. The highest BCUT2D eigenvalue weighted by Gasteiger charge is 2.51. The van der Waals surface area contributed by atoms with Gasteiger partial charge in [0.25, 0.3) is 5.69 Å². The molecule has 0 unspecified atom stereocenters. The largest absolute Gasteiger partial charge is 0.495 e. The second-order valence-corrected chi connectivity index (χ2v) is 6.60. The Morgan fingerprint density at radius 2 is 2.04 bits per heavy atom. The van der Waals surface area contributed by atoms with Gasteiger partial charge in [-0.05, 0) is 36.6 Å². The first kappa shape index (κ1) is 16.4. The molecule has 3 rings (SSSR count). The minimum Gasteiger partial charge on any atom is -0.495 e. The number of hydrogen-bond acceptors (Lipinski definition) is 4.